The quantitative estimate of drug-likeness (QED) is 0.759. The minimum atomic E-state index is 0.111. The standard InChI is InChI=1S/C10H9N5O/c1-16-9-5-3-2-4-8(9)10-12-13-14-15(10)7-6-11/h2-5H,7H2,1H3. The molecule has 0 aliphatic rings. The molecule has 80 valence electrons. The zero-order valence-corrected chi connectivity index (χ0v) is 8.66. The van der Waals surface area contributed by atoms with Gasteiger partial charge in [0.1, 0.15) is 12.3 Å². The van der Waals surface area contributed by atoms with Gasteiger partial charge in [0, 0.05) is 0 Å². The number of rotatable bonds is 3. The van der Waals surface area contributed by atoms with E-state index in [1.54, 1.807) is 7.11 Å². The number of nitriles is 1. The van der Waals surface area contributed by atoms with Crippen molar-refractivity contribution in [3.8, 4) is 23.2 Å². The highest BCUT2D eigenvalue weighted by Gasteiger charge is 2.12. The fraction of sp³-hybridized carbons (Fsp3) is 0.200. The summed E-state index contributed by atoms with van der Waals surface area (Å²) in [4.78, 5) is 0. The summed E-state index contributed by atoms with van der Waals surface area (Å²) >= 11 is 0. The van der Waals surface area contributed by atoms with Gasteiger partial charge in [-0.3, -0.25) is 0 Å². The number of ether oxygens (including phenoxy) is 1. The third-order valence-corrected chi connectivity index (χ3v) is 2.10. The monoisotopic (exact) mass is 215 g/mol. The molecule has 0 radical (unpaired) electrons. The molecule has 0 unspecified atom stereocenters. The van der Waals surface area contributed by atoms with Crippen LogP contribution < -0.4 is 4.74 Å². The van der Waals surface area contributed by atoms with Gasteiger partial charge in [0.25, 0.3) is 0 Å². The smallest absolute Gasteiger partial charge is 0.186 e. The highest BCUT2D eigenvalue weighted by Crippen LogP contribution is 2.26. The average Bonchev–Trinajstić information content (AvgIpc) is 2.77. The summed E-state index contributed by atoms with van der Waals surface area (Å²) in [5.41, 5.74) is 0.769. The molecule has 1 aromatic carbocycles. The van der Waals surface area contributed by atoms with Crippen LogP contribution in [-0.4, -0.2) is 27.3 Å². The van der Waals surface area contributed by atoms with Crippen LogP contribution in [0.25, 0.3) is 11.4 Å². The summed E-state index contributed by atoms with van der Waals surface area (Å²) in [6.45, 7) is 0.111. The molecule has 0 amide bonds. The van der Waals surface area contributed by atoms with Crippen molar-refractivity contribution in [2.75, 3.05) is 7.11 Å². The summed E-state index contributed by atoms with van der Waals surface area (Å²) in [7, 11) is 1.58. The van der Waals surface area contributed by atoms with Crippen molar-refractivity contribution in [2.45, 2.75) is 6.54 Å². The Morgan fingerprint density at radius 3 is 3.00 bits per heavy atom. The van der Waals surface area contributed by atoms with Gasteiger partial charge >= 0.3 is 0 Å². The first kappa shape index (κ1) is 10.1. The molecule has 0 N–H and O–H groups in total. The minimum Gasteiger partial charge on any atom is -0.496 e. The van der Waals surface area contributed by atoms with Gasteiger partial charge in [-0.15, -0.1) is 5.10 Å². The van der Waals surface area contributed by atoms with E-state index in [1.807, 2.05) is 30.3 Å². The van der Waals surface area contributed by atoms with Crippen molar-refractivity contribution >= 4 is 0 Å². The highest BCUT2D eigenvalue weighted by molar-refractivity contribution is 5.63. The number of hydrogen-bond acceptors (Lipinski definition) is 5. The molecule has 2 rings (SSSR count). The van der Waals surface area contributed by atoms with Crippen molar-refractivity contribution in [3.63, 3.8) is 0 Å². The average molecular weight is 215 g/mol. The summed E-state index contributed by atoms with van der Waals surface area (Å²) in [6, 6.07) is 9.39. The van der Waals surface area contributed by atoms with Gasteiger partial charge in [-0.1, -0.05) is 12.1 Å². The first-order valence-corrected chi connectivity index (χ1v) is 4.63. The zero-order valence-electron chi connectivity index (χ0n) is 8.66. The van der Waals surface area contributed by atoms with Gasteiger partial charge in [-0.05, 0) is 22.6 Å². The molecule has 6 heteroatoms. The molecule has 0 atom stereocenters. The first-order chi connectivity index (χ1) is 7.86. The number of aromatic nitrogens is 4. The number of methoxy groups -OCH3 is 1. The van der Waals surface area contributed by atoms with E-state index in [2.05, 4.69) is 15.5 Å². The van der Waals surface area contributed by atoms with Gasteiger partial charge in [-0.2, -0.15) is 5.26 Å². The lowest BCUT2D eigenvalue weighted by Gasteiger charge is -2.06. The van der Waals surface area contributed by atoms with Gasteiger partial charge < -0.3 is 4.74 Å². The molecule has 0 saturated heterocycles. The van der Waals surface area contributed by atoms with E-state index >= 15 is 0 Å². The van der Waals surface area contributed by atoms with Crippen LogP contribution in [-0.2, 0) is 6.54 Å². The van der Waals surface area contributed by atoms with Crippen LogP contribution in [0.4, 0.5) is 0 Å². The van der Waals surface area contributed by atoms with Crippen molar-refractivity contribution in [2.24, 2.45) is 0 Å². The molecule has 0 aliphatic carbocycles. The van der Waals surface area contributed by atoms with Gasteiger partial charge in [-0.25, -0.2) is 4.68 Å². The molecule has 0 spiro atoms. The van der Waals surface area contributed by atoms with E-state index < -0.39 is 0 Å². The fourth-order valence-corrected chi connectivity index (χ4v) is 1.40. The Balaban J connectivity index is 2.50. The van der Waals surface area contributed by atoms with Crippen LogP contribution in [0.15, 0.2) is 24.3 Å². The van der Waals surface area contributed by atoms with Gasteiger partial charge in [0.2, 0.25) is 0 Å². The lowest BCUT2D eigenvalue weighted by atomic mass is 10.2. The second-order valence-corrected chi connectivity index (χ2v) is 3.02. The molecule has 16 heavy (non-hydrogen) atoms. The molecule has 0 bridgehead atoms. The number of para-hydroxylation sites is 1. The lowest BCUT2D eigenvalue weighted by Crippen LogP contribution is -2.02. The van der Waals surface area contributed by atoms with E-state index in [4.69, 9.17) is 10.00 Å². The normalized spacial score (nSPS) is 9.75. The Morgan fingerprint density at radius 1 is 1.44 bits per heavy atom. The molecule has 0 aliphatic heterocycles. The zero-order chi connectivity index (χ0) is 11.4. The number of hydrogen-bond donors (Lipinski definition) is 0. The predicted molar refractivity (Wildman–Crippen MR) is 55.4 cm³/mol. The maximum atomic E-state index is 8.64. The molecular formula is C10H9N5O. The number of nitrogens with zero attached hydrogens (tertiary/aromatic N) is 5. The second-order valence-electron chi connectivity index (χ2n) is 3.02. The maximum absolute atomic E-state index is 8.64. The van der Waals surface area contributed by atoms with Crippen LogP contribution in [0.1, 0.15) is 0 Å². The van der Waals surface area contributed by atoms with Crippen molar-refractivity contribution in [1.29, 1.82) is 5.26 Å². The van der Waals surface area contributed by atoms with Crippen LogP contribution >= 0.6 is 0 Å². The van der Waals surface area contributed by atoms with Crippen molar-refractivity contribution in [3.05, 3.63) is 24.3 Å². The van der Waals surface area contributed by atoms with Gasteiger partial charge in [0.15, 0.2) is 5.82 Å². The SMILES string of the molecule is COc1ccccc1-c1nnnn1CC#N. The molecule has 0 fully saturated rings. The van der Waals surface area contributed by atoms with E-state index in [1.165, 1.54) is 4.68 Å². The summed E-state index contributed by atoms with van der Waals surface area (Å²) in [5, 5.41) is 19.8. The largest absolute Gasteiger partial charge is 0.496 e. The maximum Gasteiger partial charge on any atom is 0.186 e. The molecule has 1 aromatic heterocycles. The van der Waals surface area contributed by atoms with Crippen LogP contribution in [0.2, 0.25) is 0 Å². The number of tetrazole rings is 1. The van der Waals surface area contributed by atoms with E-state index in [-0.39, 0.29) is 6.54 Å². The molecule has 0 saturated carbocycles. The summed E-state index contributed by atoms with van der Waals surface area (Å²) in [5.74, 6) is 1.20. The minimum absolute atomic E-state index is 0.111. The van der Waals surface area contributed by atoms with Crippen LogP contribution in [0.3, 0.4) is 0 Å². The predicted octanol–water partition coefficient (Wildman–Crippen LogP) is 0.872. The van der Waals surface area contributed by atoms with E-state index in [0.717, 1.165) is 5.56 Å². The van der Waals surface area contributed by atoms with E-state index in [0.29, 0.717) is 11.6 Å². The van der Waals surface area contributed by atoms with Crippen molar-refractivity contribution < 1.29 is 4.74 Å². The third kappa shape index (κ3) is 1.70. The summed E-state index contributed by atoms with van der Waals surface area (Å²) in [6.07, 6.45) is 0. The topological polar surface area (TPSA) is 76.6 Å². The second kappa shape index (κ2) is 4.40. The first-order valence-electron chi connectivity index (χ1n) is 4.63. The Morgan fingerprint density at radius 2 is 2.25 bits per heavy atom. The summed E-state index contributed by atoms with van der Waals surface area (Å²) < 4.78 is 6.64. The Kier molecular flexibility index (Phi) is 2.78. The molecule has 6 nitrogen and oxygen atoms in total. The third-order valence-electron chi connectivity index (χ3n) is 2.10. The number of benzene rings is 1. The highest BCUT2D eigenvalue weighted by atomic mass is 16.5. The molecular weight excluding hydrogens is 206 g/mol. The lowest BCUT2D eigenvalue weighted by molar-refractivity contribution is 0.416. The van der Waals surface area contributed by atoms with E-state index in [9.17, 15) is 0 Å². The van der Waals surface area contributed by atoms with Gasteiger partial charge in [0.05, 0.1) is 18.7 Å². The Bertz CT molecular complexity index is 528. The molecule has 1 heterocycles. The fourth-order valence-electron chi connectivity index (χ4n) is 1.40. The van der Waals surface area contributed by atoms with Crippen molar-refractivity contribution in [1.82, 2.24) is 20.2 Å². The Labute approximate surface area is 92.1 Å². The van der Waals surface area contributed by atoms with Crippen LogP contribution in [0.5, 0.6) is 5.75 Å². The Hall–Kier alpha value is -2.42. The molecule has 2 aromatic rings. The van der Waals surface area contributed by atoms with Crippen LogP contribution in [0, 0.1) is 11.3 Å².